The molecule has 5 nitrogen and oxygen atoms in total. The SMILES string of the molecule is c1cc2ncoc2c(N2CCNCC2)n1. The first-order chi connectivity index (χ1) is 7.45. The van der Waals surface area contributed by atoms with Gasteiger partial charge in [0.1, 0.15) is 5.52 Å². The van der Waals surface area contributed by atoms with Crippen molar-refractivity contribution >= 4 is 16.9 Å². The van der Waals surface area contributed by atoms with E-state index in [-0.39, 0.29) is 0 Å². The molecule has 0 amide bonds. The van der Waals surface area contributed by atoms with Gasteiger partial charge in [-0.05, 0) is 6.07 Å². The van der Waals surface area contributed by atoms with Gasteiger partial charge < -0.3 is 14.6 Å². The Hall–Kier alpha value is -1.62. The minimum Gasteiger partial charge on any atom is -0.440 e. The largest absolute Gasteiger partial charge is 0.440 e. The van der Waals surface area contributed by atoms with E-state index >= 15 is 0 Å². The Balaban J connectivity index is 2.05. The van der Waals surface area contributed by atoms with Crippen LogP contribution in [0.15, 0.2) is 23.1 Å². The average molecular weight is 204 g/mol. The second kappa shape index (κ2) is 3.51. The van der Waals surface area contributed by atoms with Gasteiger partial charge in [-0.2, -0.15) is 0 Å². The van der Waals surface area contributed by atoms with Crippen molar-refractivity contribution in [3.8, 4) is 0 Å². The molecule has 1 fully saturated rings. The fraction of sp³-hybridized carbons (Fsp3) is 0.400. The van der Waals surface area contributed by atoms with Crippen LogP contribution in [-0.4, -0.2) is 36.1 Å². The monoisotopic (exact) mass is 204 g/mol. The summed E-state index contributed by atoms with van der Waals surface area (Å²) in [5.74, 6) is 0.909. The van der Waals surface area contributed by atoms with E-state index in [0.717, 1.165) is 43.1 Å². The molecule has 0 aliphatic carbocycles. The molecule has 0 bridgehead atoms. The van der Waals surface area contributed by atoms with Crippen molar-refractivity contribution in [2.45, 2.75) is 0 Å². The third-order valence-corrected chi connectivity index (χ3v) is 2.64. The Kier molecular flexibility index (Phi) is 2.03. The maximum atomic E-state index is 5.37. The summed E-state index contributed by atoms with van der Waals surface area (Å²) in [6.45, 7) is 3.91. The molecule has 3 rings (SSSR count). The van der Waals surface area contributed by atoms with E-state index in [1.807, 2.05) is 6.07 Å². The highest BCUT2D eigenvalue weighted by atomic mass is 16.3. The molecular formula is C10H12N4O. The van der Waals surface area contributed by atoms with Crippen molar-refractivity contribution < 1.29 is 4.42 Å². The number of piperazine rings is 1. The van der Waals surface area contributed by atoms with Crippen molar-refractivity contribution in [2.24, 2.45) is 0 Å². The summed E-state index contributed by atoms with van der Waals surface area (Å²) < 4.78 is 5.37. The number of anilines is 1. The highest BCUT2D eigenvalue weighted by Gasteiger charge is 2.16. The van der Waals surface area contributed by atoms with Crippen molar-refractivity contribution in [3.05, 3.63) is 18.7 Å². The number of oxazole rings is 1. The zero-order valence-corrected chi connectivity index (χ0v) is 8.31. The Morgan fingerprint density at radius 2 is 2.13 bits per heavy atom. The predicted octanol–water partition coefficient (Wildman–Crippen LogP) is 0.632. The topological polar surface area (TPSA) is 54.2 Å². The number of pyridine rings is 1. The lowest BCUT2D eigenvalue weighted by Crippen LogP contribution is -2.43. The van der Waals surface area contributed by atoms with Crippen LogP contribution in [0.2, 0.25) is 0 Å². The first-order valence-corrected chi connectivity index (χ1v) is 5.09. The summed E-state index contributed by atoms with van der Waals surface area (Å²) in [7, 11) is 0. The van der Waals surface area contributed by atoms with E-state index in [1.54, 1.807) is 6.20 Å². The number of hydrogen-bond acceptors (Lipinski definition) is 5. The Morgan fingerprint density at radius 3 is 3.00 bits per heavy atom. The molecule has 0 saturated carbocycles. The number of fused-ring (bicyclic) bond motifs is 1. The van der Waals surface area contributed by atoms with E-state index in [9.17, 15) is 0 Å². The van der Waals surface area contributed by atoms with Crippen LogP contribution in [0, 0.1) is 0 Å². The first-order valence-electron chi connectivity index (χ1n) is 5.09. The highest BCUT2D eigenvalue weighted by molar-refractivity contribution is 5.83. The molecule has 0 spiro atoms. The minimum absolute atomic E-state index is 0.791. The van der Waals surface area contributed by atoms with Crippen LogP contribution in [0.4, 0.5) is 5.82 Å². The average Bonchev–Trinajstić information content (AvgIpc) is 2.78. The normalized spacial score (nSPS) is 17.2. The molecule has 78 valence electrons. The number of aromatic nitrogens is 2. The molecule has 1 aliphatic heterocycles. The van der Waals surface area contributed by atoms with Crippen LogP contribution in [0.3, 0.4) is 0 Å². The Bertz CT molecular complexity index is 461. The zero-order chi connectivity index (χ0) is 10.1. The summed E-state index contributed by atoms with van der Waals surface area (Å²) in [4.78, 5) is 10.7. The molecule has 0 atom stereocenters. The van der Waals surface area contributed by atoms with E-state index in [0.29, 0.717) is 0 Å². The fourth-order valence-electron chi connectivity index (χ4n) is 1.88. The molecule has 3 heterocycles. The molecule has 1 saturated heterocycles. The highest BCUT2D eigenvalue weighted by Crippen LogP contribution is 2.23. The van der Waals surface area contributed by atoms with Gasteiger partial charge in [0.25, 0.3) is 0 Å². The smallest absolute Gasteiger partial charge is 0.196 e. The molecule has 1 aliphatic rings. The second-order valence-corrected chi connectivity index (χ2v) is 3.57. The molecule has 2 aromatic heterocycles. The van der Waals surface area contributed by atoms with Gasteiger partial charge in [-0.15, -0.1) is 0 Å². The van der Waals surface area contributed by atoms with Gasteiger partial charge in [0.2, 0.25) is 0 Å². The lowest BCUT2D eigenvalue weighted by atomic mass is 10.3. The minimum atomic E-state index is 0.791. The summed E-state index contributed by atoms with van der Waals surface area (Å²) in [5.41, 5.74) is 1.66. The molecule has 0 unspecified atom stereocenters. The zero-order valence-electron chi connectivity index (χ0n) is 8.31. The van der Waals surface area contributed by atoms with Crippen molar-refractivity contribution in [1.82, 2.24) is 15.3 Å². The van der Waals surface area contributed by atoms with Crippen LogP contribution < -0.4 is 10.2 Å². The molecule has 15 heavy (non-hydrogen) atoms. The van der Waals surface area contributed by atoms with Crippen molar-refractivity contribution in [2.75, 3.05) is 31.1 Å². The second-order valence-electron chi connectivity index (χ2n) is 3.57. The third kappa shape index (κ3) is 1.45. The lowest BCUT2D eigenvalue weighted by Gasteiger charge is -2.27. The summed E-state index contributed by atoms with van der Waals surface area (Å²) in [6, 6.07) is 1.87. The lowest BCUT2D eigenvalue weighted by molar-refractivity contribution is 0.571. The predicted molar refractivity (Wildman–Crippen MR) is 56.9 cm³/mol. The van der Waals surface area contributed by atoms with Gasteiger partial charge in [0.15, 0.2) is 17.8 Å². The van der Waals surface area contributed by atoms with Gasteiger partial charge in [-0.1, -0.05) is 0 Å². The van der Waals surface area contributed by atoms with Crippen LogP contribution in [0.5, 0.6) is 0 Å². The van der Waals surface area contributed by atoms with Crippen LogP contribution in [0.1, 0.15) is 0 Å². The molecule has 0 aromatic carbocycles. The summed E-state index contributed by atoms with van der Waals surface area (Å²) in [5, 5.41) is 3.31. The van der Waals surface area contributed by atoms with E-state index in [1.165, 1.54) is 6.39 Å². The first kappa shape index (κ1) is 8.67. The van der Waals surface area contributed by atoms with Gasteiger partial charge in [-0.3, -0.25) is 0 Å². The van der Waals surface area contributed by atoms with E-state index in [4.69, 9.17) is 4.42 Å². The third-order valence-electron chi connectivity index (χ3n) is 2.64. The number of nitrogens with zero attached hydrogens (tertiary/aromatic N) is 3. The van der Waals surface area contributed by atoms with Gasteiger partial charge in [0, 0.05) is 32.4 Å². The molecular weight excluding hydrogens is 192 g/mol. The van der Waals surface area contributed by atoms with Crippen molar-refractivity contribution in [3.63, 3.8) is 0 Å². The Morgan fingerprint density at radius 1 is 1.27 bits per heavy atom. The van der Waals surface area contributed by atoms with E-state index < -0.39 is 0 Å². The number of hydrogen-bond donors (Lipinski definition) is 1. The molecule has 2 aromatic rings. The number of nitrogens with one attached hydrogen (secondary N) is 1. The van der Waals surface area contributed by atoms with Crippen molar-refractivity contribution in [1.29, 1.82) is 0 Å². The van der Waals surface area contributed by atoms with E-state index in [2.05, 4.69) is 20.2 Å². The standard InChI is InChI=1S/C10H12N4O/c1-2-12-10(9-8(1)13-7-15-9)14-5-3-11-4-6-14/h1-2,7,11H,3-6H2. The van der Waals surface area contributed by atoms with Gasteiger partial charge in [-0.25, -0.2) is 9.97 Å². The Labute approximate surface area is 87.1 Å². The summed E-state index contributed by atoms with van der Waals surface area (Å²) >= 11 is 0. The molecule has 0 radical (unpaired) electrons. The quantitative estimate of drug-likeness (QED) is 0.738. The van der Waals surface area contributed by atoms with Crippen LogP contribution in [-0.2, 0) is 0 Å². The maximum absolute atomic E-state index is 5.37. The molecule has 1 N–H and O–H groups in total. The number of rotatable bonds is 1. The van der Waals surface area contributed by atoms with Gasteiger partial charge >= 0.3 is 0 Å². The van der Waals surface area contributed by atoms with Gasteiger partial charge in [0.05, 0.1) is 0 Å². The van der Waals surface area contributed by atoms with Crippen LogP contribution >= 0.6 is 0 Å². The van der Waals surface area contributed by atoms with Crippen LogP contribution in [0.25, 0.3) is 11.1 Å². The molecule has 5 heteroatoms. The summed E-state index contributed by atoms with van der Waals surface area (Å²) in [6.07, 6.45) is 3.25. The fourth-order valence-corrected chi connectivity index (χ4v) is 1.88. The maximum Gasteiger partial charge on any atom is 0.196 e.